The first-order valence-corrected chi connectivity index (χ1v) is 8.08. The van der Waals surface area contributed by atoms with Gasteiger partial charge in [-0.1, -0.05) is 6.92 Å². The van der Waals surface area contributed by atoms with Crippen LogP contribution < -0.4 is 5.32 Å². The highest BCUT2D eigenvalue weighted by Crippen LogP contribution is 2.34. The van der Waals surface area contributed by atoms with Crippen LogP contribution in [0.2, 0.25) is 0 Å². The Morgan fingerprint density at radius 2 is 2.10 bits per heavy atom. The van der Waals surface area contributed by atoms with Crippen molar-refractivity contribution in [2.75, 3.05) is 33.0 Å². The molecule has 0 aliphatic carbocycles. The number of rotatable bonds is 7. The maximum absolute atomic E-state index is 6.24. The third-order valence-corrected chi connectivity index (χ3v) is 4.23. The SMILES string of the molecule is CCCNC(C1=COCCC1)C1(OCC)CCOCC1. The number of ether oxygens (including phenoxy) is 3. The van der Waals surface area contributed by atoms with Gasteiger partial charge in [-0.05, 0) is 38.3 Å². The van der Waals surface area contributed by atoms with Crippen LogP contribution in [0, 0.1) is 0 Å². The molecule has 2 heterocycles. The molecule has 0 amide bonds. The molecule has 2 aliphatic rings. The van der Waals surface area contributed by atoms with Crippen molar-refractivity contribution in [1.29, 1.82) is 0 Å². The predicted molar refractivity (Wildman–Crippen MR) is 79.8 cm³/mol. The van der Waals surface area contributed by atoms with E-state index in [1.807, 2.05) is 6.26 Å². The third-order valence-electron chi connectivity index (χ3n) is 4.23. The summed E-state index contributed by atoms with van der Waals surface area (Å²) in [5.41, 5.74) is 1.23. The highest BCUT2D eigenvalue weighted by atomic mass is 16.5. The quantitative estimate of drug-likeness (QED) is 0.779. The van der Waals surface area contributed by atoms with E-state index >= 15 is 0 Å². The van der Waals surface area contributed by atoms with Crippen LogP contribution in [0.25, 0.3) is 0 Å². The second kappa shape index (κ2) is 8.01. The summed E-state index contributed by atoms with van der Waals surface area (Å²) < 4.78 is 17.4. The minimum atomic E-state index is -0.130. The van der Waals surface area contributed by atoms with Crippen LogP contribution in [0.1, 0.15) is 46.0 Å². The average Bonchev–Trinajstić information content (AvgIpc) is 2.50. The van der Waals surface area contributed by atoms with Crippen LogP contribution in [-0.2, 0) is 14.2 Å². The Bertz CT molecular complexity index is 305. The molecule has 116 valence electrons. The van der Waals surface area contributed by atoms with Crippen molar-refractivity contribution >= 4 is 0 Å². The van der Waals surface area contributed by atoms with E-state index < -0.39 is 0 Å². The molecule has 1 unspecified atom stereocenters. The van der Waals surface area contributed by atoms with Crippen LogP contribution in [0.15, 0.2) is 11.8 Å². The maximum atomic E-state index is 6.24. The van der Waals surface area contributed by atoms with Gasteiger partial charge in [-0.15, -0.1) is 0 Å². The molecule has 1 atom stereocenters. The lowest BCUT2D eigenvalue weighted by Gasteiger charge is -2.45. The molecule has 20 heavy (non-hydrogen) atoms. The normalized spacial score (nSPS) is 23.8. The van der Waals surface area contributed by atoms with E-state index in [1.54, 1.807) is 0 Å². The molecule has 4 heteroatoms. The van der Waals surface area contributed by atoms with E-state index in [-0.39, 0.29) is 11.6 Å². The topological polar surface area (TPSA) is 39.7 Å². The first-order valence-electron chi connectivity index (χ1n) is 8.08. The predicted octanol–water partition coefficient (Wildman–Crippen LogP) is 2.63. The molecule has 0 aromatic carbocycles. The molecule has 1 fully saturated rings. The number of nitrogens with one attached hydrogen (secondary N) is 1. The van der Waals surface area contributed by atoms with Crippen LogP contribution in [0.3, 0.4) is 0 Å². The van der Waals surface area contributed by atoms with Gasteiger partial charge in [0.15, 0.2) is 0 Å². The molecule has 0 aromatic rings. The monoisotopic (exact) mass is 283 g/mol. The van der Waals surface area contributed by atoms with Crippen molar-refractivity contribution in [2.24, 2.45) is 0 Å². The molecule has 0 spiro atoms. The Labute approximate surface area is 122 Å². The summed E-state index contributed by atoms with van der Waals surface area (Å²) >= 11 is 0. The number of hydrogen-bond acceptors (Lipinski definition) is 4. The van der Waals surface area contributed by atoms with Crippen LogP contribution >= 0.6 is 0 Å². The van der Waals surface area contributed by atoms with Crippen LogP contribution in [0.5, 0.6) is 0 Å². The molecule has 0 radical (unpaired) electrons. The number of hydrogen-bond donors (Lipinski definition) is 1. The van der Waals surface area contributed by atoms with Gasteiger partial charge in [0.1, 0.15) is 0 Å². The zero-order valence-corrected chi connectivity index (χ0v) is 13.0. The third kappa shape index (κ3) is 3.74. The fourth-order valence-corrected chi connectivity index (χ4v) is 3.26. The minimum absolute atomic E-state index is 0.130. The molecule has 0 bridgehead atoms. The van der Waals surface area contributed by atoms with Gasteiger partial charge < -0.3 is 19.5 Å². The lowest BCUT2D eigenvalue weighted by molar-refractivity contribution is -0.121. The van der Waals surface area contributed by atoms with Gasteiger partial charge in [-0.25, -0.2) is 0 Å². The fourth-order valence-electron chi connectivity index (χ4n) is 3.26. The summed E-state index contributed by atoms with van der Waals surface area (Å²) in [5.74, 6) is 0. The lowest BCUT2D eigenvalue weighted by atomic mass is 9.80. The van der Waals surface area contributed by atoms with E-state index in [9.17, 15) is 0 Å². The summed E-state index contributed by atoms with van der Waals surface area (Å²) in [4.78, 5) is 0. The second-order valence-electron chi connectivity index (χ2n) is 5.66. The van der Waals surface area contributed by atoms with Crippen LogP contribution in [-0.4, -0.2) is 44.6 Å². The highest BCUT2D eigenvalue weighted by Gasteiger charge is 2.43. The van der Waals surface area contributed by atoms with Gasteiger partial charge in [0, 0.05) is 32.7 Å². The lowest BCUT2D eigenvalue weighted by Crippen LogP contribution is -2.56. The Kier molecular flexibility index (Phi) is 6.33. The van der Waals surface area contributed by atoms with Crippen molar-refractivity contribution in [3.8, 4) is 0 Å². The molecule has 1 saturated heterocycles. The van der Waals surface area contributed by atoms with Gasteiger partial charge in [-0.2, -0.15) is 0 Å². The standard InChI is InChI=1S/C16H29NO3/c1-3-9-17-15(14-6-5-10-19-13-14)16(20-4-2)7-11-18-12-8-16/h13,15,17H,3-12H2,1-2H3. The molecule has 0 saturated carbocycles. The zero-order chi connectivity index (χ0) is 14.3. The van der Waals surface area contributed by atoms with E-state index in [2.05, 4.69) is 19.2 Å². The fraction of sp³-hybridized carbons (Fsp3) is 0.875. The Morgan fingerprint density at radius 1 is 1.30 bits per heavy atom. The summed E-state index contributed by atoms with van der Waals surface area (Å²) in [6.45, 7) is 8.47. The van der Waals surface area contributed by atoms with Gasteiger partial charge in [0.25, 0.3) is 0 Å². The van der Waals surface area contributed by atoms with Gasteiger partial charge in [0.2, 0.25) is 0 Å². The van der Waals surface area contributed by atoms with Crippen molar-refractivity contribution in [3.05, 3.63) is 11.8 Å². The van der Waals surface area contributed by atoms with E-state index in [0.717, 1.165) is 65.1 Å². The highest BCUT2D eigenvalue weighted by molar-refractivity contribution is 5.18. The van der Waals surface area contributed by atoms with E-state index in [0.29, 0.717) is 0 Å². The molecule has 2 aliphatic heterocycles. The molecule has 4 nitrogen and oxygen atoms in total. The van der Waals surface area contributed by atoms with Gasteiger partial charge in [0.05, 0.1) is 24.5 Å². The van der Waals surface area contributed by atoms with Crippen LogP contribution in [0.4, 0.5) is 0 Å². The second-order valence-corrected chi connectivity index (χ2v) is 5.66. The maximum Gasteiger partial charge on any atom is 0.0917 e. The van der Waals surface area contributed by atoms with E-state index in [4.69, 9.17) is 14.2 Å². The van der Waals surface area contributed by atoms with Crippen molar-refractivity contribution < 1.29 is 14.2 Å². The summed E-state index contributed by atoms with van der Waals surface area (Å²) in [5, 5.41) is 3.71. The first-order chi connectivity index (χ1) is 9.82. The average molecular weight is 283 g/mol. The Balaban J connectivity index is 2.18. The molecular formula is C16H29NO3. The molecular weight excluding hydrogens is 254 g/mol. The summed E-state index contributed by atoms with van der Waals surface area (Å²) in [6, 6.07) is 0.256. The largest absolute Gasteiger partial charge is 0.501 e. The van der Waals surface area contributed by atoms with Gasteiger partial charge in [-0.3, -0.25) is 0 Å². The molecule has 1 N–H and O–H groups in total. The van der Waals surface area contributed by atoms with E-state index in [1.165, 1.54) is 5.57 Å². The van der Waals surface area contributed by atoms with Crippen molar-refractivity contribution in [1.82, 2.24) is 5.32 Å². The minimum Gasteiger partial charge on any atom is -0.501 e. The molecule has 0 aromatic heterocycles. The summed E-state index contributed by atoms with van der Waals surface area (Å²) in [7, 11) is 0. The Hall–Kier alpha value is -0.580. The summed E-state index contributed by atoms with van der Waals surface area (Å²) in [6.07, 6.45) is 7.22. The Morgan fingerprint density at radius 3 is 2.70 bits per heavy atom. The smallest absolute Gasteiger partial charge is 0.0917 e. The molecule has 2 rings (SSSR count). The zero-order valence-electron chi connectivity index (χ0n) is 13.0. The first kappa shape index (κ1) is 15.8. The van der Waals surface area contributed by atoms with Crippen molar-refractivity contribution in [3.63, 3.8) is 0 Å². The van der Waals surface area contributed by atoms with Crippen molar-refractivity contribution in [2.45, 2.75) is 57.6 Å². The van der Waals surface area contributed by atoms with Gasteiger partial charge >= 0.3 is 0 Å².